The molecule has 112 valence electrons. The molecule has 0 spiro atoms. The van der Waals surface area contributed by atoms with Gasteiger partial charge in [0.1, 0.15) is 5.78 Å². The Morgan fingerprint density at radius 3 is 2.32 bits per heavy atom. The molecule has 4 heteroatoms. The number of hydrogen-bond acceptors (Lipinski definition) is 2. The fourth-order valence-corrected chi connectivity index (χ4v) is 3.64. The lowest BCUT2D eigenvalue weighted by atomic mass is 10.2. The van der Waals surface area contributed by atoms with Gasteiger partial charge in [-0.05, 0) is 42.9 Å². The van der Waals surface area contributed by atoms with Crippen molar-refractivity contribution in [1.29, 1.82) is 0 Å². The molecule has 0 fully saturated rings. The molecule has 0 saturated carbocycles. The Bertz CT molecular complexity index is 330. The Morgan fingerprint density at radius 2 is 1.89 bits per heavy atom. The zero-order valence-corrected chi connectivity index (χ0v) is 16.1. The monoisotopic (exact) mass is 348 g/mol. The lowest BCUT2D eigenvalue weighted by Crippen LogP contribution is -2.43. The molecule has 0 aliphatic rings. The topological polar surface area (TPSA) is 26.3 Å². The molecule has 0 radical (unpaired) electrons. The summed E-state index contributed by atoms with van der Waals surface area (Å²) < 4.78 is 7.44. The van der Waals surface area contributed by atoms with Gasteiger partial charge in [-0.2, -0.15) is 0 Å². The van der Waals surface area contributed by atoms with Crippen LogP contribution >= 0.6 is 15.9 Å². The van der Waals surface area contributed by atoms with Gasteiger partial charge in [0.15, 0.2) is 8.32 Å². The molecule has 0 aromatic rings. The number of carbonyl (C=O) groups is 1. The maximum Gasteiger partial charge on any atom is 0.192 e. The van der Waals surface area contributed by atoms with Crippen molar-refractivity contribution in [2.45, 2.75) is 78.1 Å². The van der Waals surface area contributed by atoms with Crippen LogP contribution in [-0.2, 0) is 9.22 Å². The largest absolute Gasteiger partial charge is 0.414 e. The van der Waals surface area contributed by atoms with E-state index >= 15 is 0 Å². The molecule has 1 atom stereocenters. The fraction of sp³-hybridized carbons (Fsp3) is 0.800. The summed E-state index contributed by atoms with van der Waals surface area (Å²) in [6.45, 7) is 15.1. The highest BCUT2D eigenvalue weighted by Gasteiger charge is 2.38. The molecule has 0 N–H and O–H groups in total. The summed E-state index contributed by atoms with van der Waals surface area (Å²) in [6.07, 6.45) is 4.61. The van der Waals surface area contributed by atoms with E-state index in [9.17, 15) is 4.79 Å². The molecule has 0 rings (SSSR count). The van der Waals surface area contributed by atoms with Crippen LogP contribution in [0.1, 0.15) is 53.9 Å². The number of hydrogen-bond donors (Lipinski definition) is 0. The molecule has 2 nitrogen and oxygen atoms in total. The summed E-state index contributed by atoms with van der Waals surface area (Å²) in [6, 6.07) is 0. The summed E-state index contributed by atoms with van der Waals surface area (Å²) in [5.41, 5.74) is 0. The van der Waals surface area contributed by atoms with Crippen molar-refractivity contribution in [3.63, 3.8) is 0 Å². The first-order chi connectivity index (χ1) is 8.45. The number of carbonyl (C=O) groups excluding carboxylic acids is 1. The standard InChI is InChI=1S/C15H29BrO2Si/c1-12(17)9-8-10-14(16)11-13(2)18-19(6,7)15(3,4)5/h10,13H,8-9,11H2,1-7H3/b14-10-. The van der Waals surface area contributed by atoms with Crippen molar-refractivity contribution < 1.29 is 9.22 Å². The maximum absolute atomic E-state index is 10.9. The lowest BCUT2D eigenvalue weighted by Gasteiger charge is -2.38. The third-order valence-electron chi connectivity index (χ3n) is 3.65. The van der Waals surface area contributed by atoms with Crippen LogP contribution in [0.15, 0.2) is 10.6 Å². The normalized spacial score (nSPS) is 15.5. The van der Waals surface area contributed by atoms with Crippen LogP contribution in [0, 0.1) is 0 Å². The third-order valence-corrected chi connectivity index (χ3v) is 8.90. The third kappa shape index (κ3) is 8.05. The molecule has 1 unspecified atom stereocenters. The molecule has 0 aromatic carbocycles. The van der Waals surface area contributed by atoms with Crippen LogP contribution in [-0.4, -0.2) is 20.2 Å². The first-order valence-corrected chi connectivity index (χ1v) is 10.7. The van der Waals surface area contributed by atoms with E-state index in [1.807, 2.05) is 0 Å². The van der Waals surface area contributed by atoms with Crippen LogP contribution in [0.3, 0.4) is 0 Å². The van der Waals surface area contributed by atoms with Crippen molar-refractivity contribution in [2.24, 2.45) is 0 Å². The highest BCUT2D eigenvalue weighted by Crippen LogP contribution is 2.38. The highest BCUT2D eigenvalue weighted by molar-refractivity contribution is 9.11. The second-order valence-electron chi connectivity index (χ2n) is 6.78. The predicted octanol–water partition coefficient (Wildman–Crippen LogP) is 5.43. The average Bonchev–Trinajstić information content (AvgIpc) is 2.13. The van der Waals surface area contributed by atoms with Crippen molar-refractivity contribution in [3.8, 4) is 0 Å². The van der Waals surface area contributed by atoms with Crippen LogP contribution < -0.4 is 0 Å². The zero-order chi connectivity index (χ0) is 15.3. The smallest absolute Gasteiger partial charge is 0.192 e. The minimum atomic E-state index is -1.69. The van der Waals surface area contributed by atoms with E-state index in [0.29, 0.717) is 6.42 Å². The minimum absolute atomic E-state index is 0.212. The highest BCUT2D eigenvalue weighted by atomic mass is 79.9. The maximum atomic E-state index is 10.9. The fourth-order valence-electron chi connectivity index (χ4n) is 1.51. The molecular weight excluding hydrogens is 320 g/mol. The van der Waals surface area contributed by atoms with Gasteiger partial charge in [-0.3, -0.25) is 0 Å². The van der Waals surface area contributed by atoms with Crippen molar-refractivity contribution in [1.82, 2.24) is 0 Å². The zero-order valence-electron chi connectivity index (χ0n) is 13.5. The Kier molecular flexibility index (Phi) is 7.77. The molecule has 0 aromatic heterocycles. The van der Waals surface area contributed by atoms with E-state index in [1.165, 1.54) is 0 Å². The van der Waals surface area contributed by atoms with Gasteiger partial charge in [-0.1, -0.05) is 42.8 Å². The summed E-state index contributed by atoms with van der Waals surface area (Å²) in [5.74, 6) is 0.238. The van der Waals surface area contributed by atoms with Gasteiger partial charge in [-0.25, -0.2) is 0 Å². The molecule has 19 heavy (non-hydrogen) atoms. The minimum Gasteiger partial charge on any atom is -0.414 e. The summed E-state index contributed by atoms with van der Waals surface area (Å²) in [4.78, 5) is 10.9. The van der Waals surface area contributed by atoms with E-state index in [4.69, 9.17) is 4.43 Å². The Labute approximate surface area is 128 Å². The molecule has 0 amide bonds. The molecule has 0 aliphatic carbocycles. The van der Waals surface area contributed by atoms with E-state index in [2.05, 4.69) is 62.8 Å². The summed E-state index contributed by atoms with van der Waals surface area (Å²) in [7, 11) is -1.69. The average molecular weight is 349 g/mol. The van der Waals surface area contributed by atoms with E-state index < -0.39 is 8.32 Å². The van der Waals surface area contributed by atoms with Gasteiger partial charge in [0.25, 0.3) is 0 Å². The SMILES string of the molecule is CC(=O)CC/C=C(\Br)CC(C)O[Si](C)(C)C(C)(C)C. The van der Waals surface area contributed by atoms with Crippen molar-refractivity contribution in [3.05, 3.63) is 10.6 Å². The number of rotatable bonds is 7. The van der Waals surface area contributed by atoms with E-state index in [0.717, 1.165) is 17.3 Å². The van der Waals surface area contributed by atoms with Crippen molar-refractivity contribution in [2.75, 3.05) is 0 Å². The van der Waals surface area contributed by atoms with E-state index in [-0.39, 0.29) is 16.9 Å². The number of halogens is 1. The Balaban J connectivity index is 4.31. The first-order valence-electron chi connectivity index (χ1n) is 6.97. The van der Waals surface area contributed by atoms with Gasteiger partial charge < -0.3 is 9.22 Å². The van der Waals surface area contributed by atoms with Crippen LogP contribution in [0.4, 0.5) is 0 Å². The number of Topliss-reactive ketones (excluding diaryl/α,β-unsaturated/α-hetero) is 1. The van der Waals surface area contributed by atoms with Gasteiger partial charge in [0.2, 0.25) is 0 Å². The Morgan fingerprint density at radius 1 is 1.37 bits per heavy atom. The lowest BCUT2D eigenvalue weighted by molar-refractivity contribution is -0.116. The van der Waals surface area contributed by atoms with Crippen LogP contribution in [0.5, 0.6) is 0 Å². The number of ketones is 1. The summed E-state index contributed by atoms with van der Waals surface area (Å²) >= 11 is 3.57. The Hall–Kier alpha value is 0.0669. The summed E-state index contributed by atoms with van der Waals surface area (Å²) in [5, 5.41) is 0.242. The van der Waals surface area contributed by atoms with Crippen molar-refractivity contribution >= 4 is 30.0 Å². The number of allylic oxidation sites excluding steroid dienone is 1. The molecule has 0 heterocycles. The second-order valence-corrected chi connectivity index (χ2v) is 12.6. The van der Waals surface area contributed by atoms with Gasteiger partial charge >= 0.3 is 0 Å². The first kappa shape index (κ1) is 19.1. The second kappa shape index (κ2) is 7.74. The quantitative estimate of drug-likeness (QED) is 0.573. The van der Waals surface area contributed by atoms with Crippen LogP contribution in [0.25, 0.3) is 0 Å². The van der Waals surface area contributed by atoms with E-state index in [1.54, 1.807) is 6.92 Å². The van der Waals surface area contributed by atoms with Gasteiger partial charge in [0.05, 0.1) is 0 Å². The molecular formula is C15H29BrO2Si. The predicted molar refractivity (Wildman–Crippen MR) is 89.3 cm³/mol. The molecule has 0 saturated heterocycles. The molecule has 0 bridgehead atoms. The van der Waals surface area contributed by atoms with Crippen LogP contribution in [0.2, 0.25) is 18.1 Å². The van der Waals surface area contributed by atoms with Gasteiger partial charge in [0, 0.05) is 18.9 Å². The van der Waals surface area contributed by atoms with Gasteiger partial charge in [-0.15, -0.1) is 0 Å². The molecule has 0 aliphatic heterocycles.